The fourth-order valence-electron chi connectivity index (χ4n) is 2.94. The van der Waals surface area contributed by atoms with Gasteiger partial charge in [-0.05, 0) is 37.1 Å². The van der Waals surface area contributed by atoms with Crippen molar-refractivity contribution in [1.29, 1.82) is 0 Å². The van der Waals surface area contributed by atoms with Gasteiger partial charge in [0, 0.05) is 42.6 Å². The zero-order chi connectivity index (χ0) is 15.4. The molecule has 0 spiro atoms. The minimum atomic E-state index is 0.533. The molecule has 2 aromatic rings. The van der Waals surface area contributed by atoms with Crippen LogP contribution in [0.2, 0.25) is 0 Å². The minimum absolute atomic E-state index is 0.533. The number of halogens is 1. The summed E-state index contributed by atoms with van der Waals surface area (Å²) in [7, 11) is 1.76. The molecule has 4 nitrogen and oxygen atoms in total. The Morgan fingerprint density at radius 1 is 1.32 bits per heavy atom. The molecule has 0 atom stereocenters. The number of hydrogen-bond donors (Lipinski definition) is 1. The topological polar surface area (TPSA) is 37.4 Å². The molecule has 1 aromatic heterocycles. The van der Waals surface area contributed by atoms with Gasteiger partial charge in [0.15, 0.2) is 0 Å². The summed E-state index contributed by atoms with van der Waals surface area (Å²) in [5.41, 5.74) is 2.14. The fraction of sp³-hybridized carbons (Fsp3) is 0.471. The first kappa shape index (κ1) is 15.7. The van der Waals surface area contributed by atoms with Crippen molar-refractivity contribution in [3.05, 3.63) is 34.9 Å². The second kappa shape index (κ2) is 7.40. The molecule has 0 amide bonds. The van der Waals surface area contributed by atoms with E-state index in [4.69, 9.17) is 4.74 Å². The van der Waals surface area contributed by atoms with E-state index in [0.717, 1.165) is 47.3 Å². The van der Waals surface area contributed by atoms with E-state index in [9.17, 15) is 0 Å². The summed E-state index contributed by atoms with van der Waals surface area (Å²) >= 11 is 3.52. The van der Waals surface area contributed by atoms with Gasteiger partial charge in [-0.15, -0.1) is 0 Å². The average Bonchev–Trinajstić information content (AvgIpc) is 2.54. The summed E-state index contributed by atoms with van der Waals surface area (Å²) in [6.45, 7) is 4.12. The van der Waals surface area contributed by atoms with E-state index in [0.29, 0.717) is 6.04 Å². The highest BCUT2D eigenvalue weighted by Gasteiger charge is 2.18. The Morgan fingerprint density at radius 3 is 2.91 bits per heavy atom. The van der Waals surface area contributed by atoms with Gasteiger partial charge in [0.1, 0.15) is 0 Å². The van der Waals surface area contributed by atoms with Gasteiger partial charge >= 0.3 is 0 Å². The number of aromatic nitrogens is 1. The first-order chi connectivity index (χ1) is 10.7. The number of anilines is 1. The molecule has 5 heteroatoms. The van der Waals surface area contributed by atoms with E-state index >= 15 is 0 Å². The van der Waals surface area contributed by atoms with Crippen LogP contribution in [-0.2, 0) is 4.74 Å². The average molecular weight is 364 g/mol. The van der Waals surface area contributed by atoms with Crippen LogP contribution in [0.1, 0.15) is 12.8 Å². The Bertz CT molecular complexity index is 626. The van der Waals surface area contributed by atoms with E-state index in [1.807, 2.05) is 18.3 Å². The lowest BCUT2D eigenvalue weighted by atomic mass is 10.0. The maximum atomic E-state index is 5.15. The highest BCUT2D eigenvalue weighted by atomic mass is 79.9. The molecule has 1 aliphatic rings. The molecule has 1 aliphatic heterocycles. The molecular weight excluding hydrogens is 342 g/mol. The van der Waals surface area contributed by atoms with Gasteiger partial charge in [-0.3, -0.25) is 4.98 Å². The zero-order valence-electron chi connectivity index (χ0n) is 12.9. The molecule has 0 aliphatic carbocycles. The number of likely N-dealkylation sites (tertiary alicyclic amines) is 1. The summed E-state index contributed by atoms with van der Waals surface area (Å²) in [4.78, 5) is 7.00. The third-order valence-electron chi connectivity index (χ3n) is 4.21. The van der Waals surface area contributed by atoms with Crippen molar-refractivity contribution in [3.8, 4) is 0 Å². The molecule has 3 rings (SSSR count). The molecule has 1 aromatic carbocycles. The number of piperidine rings is 1. The first-order valence-corrected chi connectivity index (χ1v) is 8.57. The SMILES string of the molecule is COCCN1CCC(Nc2cnc3ccc(Br)cc3c2)CC1. The summed E-state index contributed by atoms with van der Waals surface area (Å²) < 4.78 is 6.24. The monoisotopic (exact) mass is 363 g/mol. The fourth-order valence-corrected chi connectivity index (χ4v) is 3.32. The number of hydrogen-bond acceptors (Lipinski definition) is 4. The number of pyridine rings is 1. The van der Waals surface area contributed by atoms with Crippen LogP contribution in [0.3, 0.4) is 0 Å². The van der Waals surface area contributed by atoms with Crippen LogP contribution in [0, 0.1) is 0 Å². The van der Waals surface area contributed by atoms with E-state index in [1.165, 1.54) is 12.8 Å². The van der Waals surface area contributed by atoms with Crippen LogP contribution in [0.15, 0.2) is 34.9 Å². The quantitative estimate of drug-likeness (QED) is 0.881. The van der Waals surface area contributed by atoms with Gasteiger partial charge < -0.3 is 15.0 Å². The highest BCUT2D eigenvalue weighted by Crippen LogP contribution is 2.22. The Morgan fingerprint density at radius 2 is 2.14 bits per heavy atom. The summed E-state index contributed by atoms with van der Waals surface area (Å²) in [6, 6.07) is 8.89. The van der Waals surface area contributed by atoms with Crippen molar-refractivity contribution in [3.63, 3.8) is 0 Å². The maximum absolute atomic E-state index is 5.15. The van der Waals surface area contributed by atoms with Gasteiger partial charge in [-0.2, -0.15) is 0 Å². The van der Waals surface area contributed by atoms with Crippen LogP contribution >= 0.6 is 15.9 Å². The highest BCUT2D eigenvalue weighted by molar-refractivity contribution is 9.10. The molecule has 0 saturated carbocycles. The van der Waals surface area contributed by atoms with Crippen molar-refractivity contribution in [2.24, 2.45) is 0 Å². The van der Waals surface area contributed by atoms with Crippen LogP contribution in [0.5, 0.6) is 0 Å². The second-order valence-electron chi connectivity index (χ2n) is 5.81. The molecule has 0 bridgehead atoms. The van der Waals surface area contributed by atoms with E-state index < -0.39 is 0 Å². The predicted octanol–water partition coefficient (Wildman–Crippen LogP) is 3.52. The number of ether oxygens (including phenoxy) is 1. The summed E-state index contributed by atoms with van der Waals surface area (Å²) in [6.07, 6.45) is 4.27. The lowest BCUT2D eigenvalue weighted by Crippen LogP contribution is -2.40. The van der Waals surface area contributed by atoms with Gasteiger partial charge in [-0.1, -0.05) is 15.9 Å². The number of nitrogens with zero attached hydrogens (tertiary/aromatic N) is 2. The van der Waals surface area contributed by atoms with Crippen LogP contribution < -0.4 is 5.32 Å². The molecular formula is C17H22BrN3O. The van der Waals surface area contributed by atoms with Crippen molar-refractivity contribution >= 4 is 32.5 Å². The van der Waals surface area contributed by atoms with E-state index in [2.05, 4.69) is 43.3 Å². The van der Waals surface area contributed by atoms with Gasteiger partial charge in [0.2, 0.25) is 0 Å². The largest absolute Gasteiger partial charge is 0.383 e. The molecule has 1 fully saturated rings. The molecule has 1 N–H and O–H groups in total. The van der Waals surface area contributed by atoms with Gasteiger partial charge in [-0.25, -0.2) is 0 Å². The smallest absolute Gasteiger partial charge is 0.0704 e. The van der Waals surface area contributed by atoms with Crippen LogP contribution in [0.25, 0.3) is 10.9 Å². The Labute approximate surface area is 140 Å². The molecule has 1 saturated heterocycles. The molecule has 0 radical (unpaired) electrons. The third kappa shape index (κ3) is 3.97. The number of methoxy groups -OCH3 is 1. The van der Waals surface area contributed by atoms with Crippen molar-refractivity contribution in [2.45, 2.75) is 18.9 Å². The lowest BCUT2D eigenvalue weighted by Gasteiger charge is -2.32. The lowest BCUT2D eigenvalue weighted by molar-refractivity contribution is 0.132. The molecule has 118 valence electrons. The number of rotatable bonds is 5. The number of nitrogens with one attached hydrogen (secondary N) is 1. The number of fused-ring (bicyclic) bond motifs is 1. The molecule has 2 heterocycles. The van der Waals surface area contributed by atoms with Crippen LogP contribution in [0.4, 0.5) is 5.69 Å². The van der Waals surface area contributed by atoms with Gasteiger partial charge in [0.05, 0.1) is 24.0 Å². The van der Waals surface area contributed by atoms with Crippen molar-refractivity contribution in [2.75, 3.05) is 38.7 Å². The summed E-state index contributed by atoms with van der Waals surface area (Å²) in [5.74, 6) is 0. The molecule has 0 unspecified atom stereocenters. The maximum Gasteiger partial charge on any atom is 0.0704 e. The first-order valence-electron chi connectivity index (χ1n) is 7.78. The minimum Gasteiger partial charge on any atom is -0.383 e. The molecule has 22 heavy (non-hydrogen) atoms. The van der Waals surface area contributed by atoms with Gasteiger partial charge in [0.25, 0.3) is 0 Å². The van der Waals surface area contributed by atoms with Crippen molar-refractivity contribution in [1.82, 2.24) is 9.88 Å². The van der Waals surface area contributed by atoms with E-state index in [-0.39, 0.29) is 0 Å². The third-order valence-corrected chi connectivity index (χ3v) is 4.71. The van der Waals surface area contributed by atoms with E-state index in [1.54, 1.807) is 7.11 Å². The van der Waals surface area contributed by atoms with Crippen LogP contribution in [-0.4, -0.2) is 49.3 Å². The Balaban J connectivity index is 1.59. The second-order valence-corrected chi connectivity index (χ2v) is 6.73. The summed E-state index contributed by atoms with van der Waals surface area (Å²) in [5, 5.41) is 4.80. The normalized spacial score (nSPS) is 17.0. The number of benzene rings is 1. The zero-order valence-corrected chi connectivity index (χ0v) is 14.5. The predicted molar refractivity (Wildman–Crippen MR) is 94.4 cm³/mol. The van der Waals surface area contributed by atoms with Crippen molar-refractivity contribution < 1.29 is 4.74 Å². The Kier molecular flexibility index (Phi) is 5.28. The standard InChI is InChI=1S/C17H22BrN3O/c1-22-9-8-21-6-4-15(5-7-21)20-16-11-13-10-14(18)2-3-17(13)19-12-16/h2-3,10-12,15,20H,4-9H2,1H3. The Hall–Kier alpha value is -1.17.